The molecule has 0 bridgehead atoms. The largest absolute Gasteiger partial charge is 0.459 e. The van der Waals surface area contributed by atoms with Gasteiger partial charge in [-0.05, 0) is 20.8 Å². The predicted molar refractivity (Wildman–Crippen MR) is 47.3 cm³/mol. The SMILES string of the molecule is CC(C)(C)OC(=O)C1CC(=O)CN1. The second kappa shape index (κ2) is 3.46. The van der Waals surface area contributed by atoms with Gasteiger partial charge < -0.3 is 4.74 Å². The molecule has 0 aromatic rings. The van der Waals surface area contributed by atoms with Crippen LogP contribution in [0.4, 0.5) is 0 Å². The van der Waals surface area contributed by atoms with E-state index in [4.69, 9.17) is 4.74 Å². The molecule has 0 aromatic carbocycles. The fraction of sp³-hybridized carbons (Fsp3) is 0.778. The van der Waals surface area contributed by atoms with Crippen LogP contribution in [-0.2, 0) is 14.3 Å². The third kappa shape index (κ3) is 3.14. The lowest BCUT2D eigenvalue weighted by molar-refractivity contribution is -0.157. The third-order valence-electron chi connectivity index (χ3n) is 1.67. The van der Waals surface area contributed by atoms with Gasteiger partial charge in [-0.3, -0.25) is 14.9 Å². The predicted octanol–water partition coefficient (Wildman–Crippen LogP) is 0.259. The molecular weight excluding hydrogens is 170 g/mol. The Labute approximate surface area is 77.6 Å². The van der Waals surface area contributed by atoms with E-state index >= 15 is 0 Å². The molecule has 4 nitrogen and oxygen atoms in total. The van der Waals surface area contributed by atoms with Crippen molar-refractivity contribution in [1.29, 1.82) is 0 Å². The van der Waals surface area contributed by atoms with E-state index in [1.54, 1.807) is 0 Å². The third-order valence-corrected chi connectivity index (χ3v) is 1.67. The molecule has 0 aromatic heterocycles. The van der Waals surface area contributed by atoms with Crippen molar-refractivity contribution in [3.8, 4) is 0 Å². The average molecular weight is 185 g/mol. The van der Waals surface area contributed by atoms with E-state index in [0.29, 0.717) is 0 Å². The highest BCUT2D eigenvalue weighted by Crippen LogP contribution is 2.11. The molecule has 0 amide bonds. The first-order chi connectivity index (χ1) is 5.88. The highest BCUT2D eigenvalue weighted by atomic mass is 16.6. The Morgan fingerprint density at radius 1 is 1.54 bits per heavy atom. The minimum absolute atomic E-state index is 0.0656. The first-order valence-corrected chi connectivity index (χ1v) is 4.36. The number of ketones is 1. The zero-order chi connectivity index (χ0) is 10.1. The molecule has 1 rings (SSSR count). The van der Waals surface area contributed by atoms with Gasteiger partial charge in [0.1, 0.15) is 17.4 Å². The van der Waals surface area contributed by atoms with E-state index in [1.165, 1.54) is 0 Å². The summed E-state index contributed by atoms with van der Waals surface area (Å²) < 4.78 is 5.12. The van der Waals surface area contributed by atoms with Crippen LogP contribution >= 0.6 is 0 Å². The zero-order valence-electron chi connectivity index (χ0n) is 8.22. The molecule has 1 aliphatic rings. The van der Waals surface area contributed by atoms with Gasteiger partial charge in [-0.2, -0.15) is 0 Å². The molecule has 0 radical (unpaired) electrons. The maximum absolute atomic E-state index is 11.4. The summed E-state index contributed by atoms with van der Waals surface area (Å²) in [4.78, 5) is 22.2. The average Bonchev–Trinajstić information content (AvgIpc) is 2.31. The van der Waals surface area contributed by atoms with Crippen molar-refractivity contribution in [2.45, 2.75) is 38.8 Å². The number of hydrogen-bond donors (Lipinski definition) is 1. The second-order valence-corrected chi connectivity index (χ2v) is 4.21. The number of Topliss-reactive ketones (excluding diaryl/α,β-unsaturated/α-hetero) is 1. The van der Waals surface area contributed by atoms with Crippen molar-refractivity contribution in [3.05, 3.63) is 0 Å². The lowest BCUT2D eigenvalue weighted by Gasteiger charge is -2.21. The Kier molecular flexibility index (Phi) is 2.71. The van der Waals surface area contributed by atoms with Gasteiger partial charge in [0.2, 0.25) is 0 Å². The molecule has 0 saturated carbocycles. The van der Waals surface area contributed by atoms with Crippen molar-refractivity contribution in [2.75, 3.05) is 6.54 Å². The highest BCUT2D eigenvalue weighted by Gasteiger charge is 2.31. The Bertz CT molecular complexity index is 230. The van der Waals surface area contributed by atoms with Crippen LogP contribution in [0.1, 0.15) is 27.2 Å². The fourth-order valence-corrected chi connectivity index (χ4v) is 1.15. The zero-order valence-corrected chi connectivity index (χ0v) is 8.22. The smallest absolute Gasteiger partial charge is 0.324 e. The maximum atomic E-state index is 11.4. The monoisotopic (exact) mass is 185 g/mol. The van der Waals surface area contributed by atoms with Crippen molar-refractivity contribution in [3.63, 3.8) is 0 Å². The number of esters is 1. The summed E-state index contributed by atoms with van der Waals surface area (Å²) in [5.74, 6) is -0.269. The Balaban J connectivity index is 2.45. The molecule has 1 atom stereocenters. The molecule has 1 aliphatic heterocycles. The van der Waals surface area contributed by atoms with Gasteiger partial charge in [-0.1, -0.05) is 0 Å². The molecule has 0 spiro atoms. The molecule has 1 N–H and O–H groups in total. The highest BCUT2D eigenvalue weighted by molar-refractivity contribution is 5.91. The van der Waals surface area contributed by atoms with Crippen LogP contribution in [-0.4, -0.2) is 29.9 Å². The van der Waals surface area contributed by atoms with Gasteiger partial charge in [0.05, 0.1) is 6.54 Å². The Morgan fingerprint density at radius 2 is 2.15 bits per heavy atom. The number of carbonyl (C=O) groups is 2. The summed E-state index contributed by atoms with van der Waals surface area (Å²) in [7, 11) is 0. The van der Waals surface area contributed by atoms with E-state index in [-0.39, 0.29) is 24.7 Å². The molecule has 1 saturated heterocycles. The van der Waals surface area contributed by atoms with Gasteiger partial charge >= 0.3 is 5.97 Å². The molecule has 1 unspecified atom stereocenters. The second-order valence-electron chi connectivity index (χ2n) is 4.21. The standard InChI is InChI=1S/C9H15NO3/c1-9(2,3)13-8(12)7-4-6(11)5-10-7/h7,10H,4-5H2,1-3H3. The molecule has 1 heterocycles. The summed E-state index contributed by atoms with van der Waals surface area (Å²) in [6, 6.07) is -0.438. The Morgan fingerprint density at radius 3 is 2.54 bits per heavy atom. The van der Waals surface area contributed by atoms with Gasteiger partial charge in [0, 0.05) is 6.42 Å². The van der Waals surface area contributed by atoms with Crippen LogP contribution < -0.4 is 5.32 Å². The molecule has 0 aliphatic carbocycles. The van der Waals surface area contributed by atoms with Crippen LogP contribution in [0.5, 0.6) is 0 Å². The summed E-state index contributed by atoms with van der Waals surface area (Å²) in [6.07, 6.45) is 0.259. The van der Waals surface area contributed by atoms with Crippen LogP contribution in [0.15, 0.2) is 0 Å². The first-order valence-electron chi connectivity index (χ1n) is 4.36. The molecule has 4 heteroatoms. The van der Waals surface area contributed by atoms with E-state index in [9.17, 15) is 9.59 Å². The fourth-order valence-electron chi connectivity index (χ4n) is 1.15. The van der Waals surface area contributed by atoms with Gasteiger partial charge in [0.25, 0.3) is 0 Å². The van der Waals surface area contributed by atoms with Crippen molar-refractivity contribution in [1.82, 2.24) is 5.32 Å². The number of hydrogen-bond acceptors (Lipinski definition) is 4. The molecule has 74 valence electrons. The van der Waals surface area contributed by atoms with Crippen molar-refractivity contribution >= 4 is 11.8 Å². The Hall–Kier alpha value is -0.900. The number of carbonyl (C=O) groups excluding carboxylic acids is 2. The van der Waals surface area contributed by atoms with Gasteiger partial charge in [-0.25, -0.2) is 0 Å². The van der Waals surface area contributed by atoms with E-state index in [2.05, 4.69) is 5.32 Å². The van der Waals surface area contributed by atoms with Crippen LogP contribution in [0.25, 0.3) is 0 Å². The number of ether oxygens (including phenoxy) is 1. The lowest BCUT2D eigenvalue weighted by atomic mass is 10.1. The van der Waals surface area contributed by atoms with Gasteiger partial charge in [-0.15, -0.1) is 0 Å². The minimum atomic E-state index is -0.482. The molecule has 13 heavy (non-hydrogen) atoms. The van der Waals surface area contributed by atoms with Crippen molar-refractivity contribution in [2.24, 2.45) is 0 Å². The number of rotatable bonds is 1. The summed E-state index contributed by atoms with van der Waals surface area (Å²) in [5, 5.41) is 2.80. The first kappa shape index (κ1) is 10.2. The van der Waals surface area contributed by atoms with Gasteiger partial charge in [0.15, 0.2) is 0 Å². The maximum Gasteiger partial charge on any atom is 0.324 e. The number of nitrogens with one attached hydrogen (secondary N) is 1. The molecular formula is C9H15NO3. The topological polar surface area (TPSA) is 55.4 Å². The lowest BCUT2D eigenvalue weighted by Crippen LogP contribution is -2.37. The van der Waals surface area contributed by atoms with E-state index < -0.39 is 11.6 Å². The normalized spacial score (nSPS) is 23.3. The van der Waals surface area contributed by atoms with Crippen LogP contribution in [0.2, 0.25) is 0 Å². The molecule has 1 fully saturated rings. The summed E-state index contributed by atoms with van der Waals surface area (Å²) in [6.45, 7) is 5.70. The quantitative estimate of drug-likeness (QED) is 0.595. The van der Waals surface area contributed by atoms with E-state index in [1.807, 2.05) is 20.8 Å². The van der Waals surface area contributed by atoms with Crippen molar-refractivity contribution < 1.29 is 14.3 Å². The van der Waals surface area contributed by atoms with Crippen LogP contribution in [0, 0.1) is 0 Å². The van der Waals surface area contributed by atoms with Crippen LogP contribution in [0.3, 0.4) is 0 Å². The van der Waals surface area contributed by atoms with E-state index in [0.717, 1.165) is 0 Å². The summed E-state index contributed by atoms with van der Waals surface area (Å²) >= 11 is 0. The summed E-state index contributed by atoms with van der Waals surface area (Å²) in [5.41, 5.74) is -0.482. The minimum Gasteiger partial charge on any atom is -0.459 e.